The highest BCUT2D eigenvalue weighted by Gasteiger charge is 2.21. The van der Waals surface area contributed by atoms with Crippen molar-refractivity contribution < 1.29 is 9.90 Å². The monoisotopic (exact) mass is 461 g/mol. The number of allylic oxidation sites excluding steroid dienone is 4. The predicted molar refractivity (Wildman–Crippen MR) is 136 cm³/mol. The highest BCUT2D eigenvalue weighted by Crippen LogP contribution is 2.26. The van der Waals surface area contributed by atoms with Crippen LogP contribution in [0.4, 0.5) is 0 Å². The summed E-state index contributed by atoms with van der Waals surface area (Å²) in [4.78, 5) is 16.7. The van der Waals surface area contributed by atoms with E-state index < -0.39 is 6.23 Å². The number of carbonyl (C=O) groups is 1. The van der Waals surface area contributed by atoms with Crippen LogP contribution in [-0.4, -0.2) is 66.0 Å². The minimum atomic E-state index is -0.676. The van der Waals surface area contributed by atoms with E-state index in [1.54, 1.807) is 19.3 Å². The molecule has 0 aromatic heterocycles. The normalized spacial score (nSPS) is 17.6. The van der Waals surface area contributed by atoms with E-state index in [0.29, 0.717) is 36.8 Å². The largest absolute Gasteiger partial charge is 0.392 e. The molecule has 1 amide bonds. The topological polar surface area (TPSA) is 93.9 Å². The first-order valence-corrected chi connectivity index (χ1v) is 11.9. The van der Waals surface area contributed by atoms with E-state index in [1.807, 2.05) is 30.1 Å². The van der Waals surface area contributed by atoms with Crippen LogP contribution in [0.1, 0.15) is 26.7 Å². The standard InChI is InChI=1S/C24H39N5O2S/c1-6-9-11-20-12-10-14-29(24(31)16-20)19(4)32-18-23(30)27-21(17-26-5)22(7-2)28(8-3)15-13-25/h6-7,9,11-12,17,24,26,31H,1,4,8,10,13-16,18,25H2,2-3,5H3,(H,27,30)/b11-9-,21-17+,22-7+. The Hall–Kier alpha value is -2.42. The third-order valence-electron chi connectivity index (χ3n) is 4.92. The highest BCUT2D eigenvalue weighted by molar-refractivity contribution is 8.03. The van der Waals surface area contributed by atoms with E-state index in [0.717, 1.165) is 24.2 Å². The molecule has 32 heavy (non-hydrogen) atoms. The second-order valence-corrected chi connectivity index (χ2v) is 8.21. The second kappa shape index (κ2) is 15.4. The smallest absolute Gasteiger partial charge is 0.234 e. The first-order chi connectivity index (χ1) is 15.4. The molecule has 8 heteroatoms. The molecule has 0 bridgehead atoms. The Balaban J connectivity index is 2.71. The molecule has 5 N–H and O–H groups in total. The van der Waals surface area contributed by atoms with Crippen LogP contribution in [0.5, 0.6) is 0 Å². The van der Waals surface area contributed by atoms with Crippen molar-refractivity contribution in [3.8, 4) is 0 Å². The average Bonchev–Trinajstić information content (AvgIpc) is 2.96. The Labute approximate surface area is 197 Å². The quantitative estimate of drug-likeness (QED) is 0.313. The molecular weight excluding hydrogens is 422 g/mol. The van der Waals surface area contributed by atoms with Crippen LogP contribution in [-0.2, 0) is 4.79 Å². The van der Waals surface area contributed by atoms with E-state index in [4.69, 9.17) is 5.73 Å². The fourth-order valence-electron chi connectivity index (χ4n) is 3.41. The minimum Gasteiger partial charge on any atom is -0.392 e. The summed E-state index contributed by atoms with van der Waals surface area (Å²) in [6, 6.07) is 0. The van der Waals surface area contributed by atoms with Gasteiger partial charge in [-0.3, -0.25) is 4.79 Å². The second-order valence-electron chi connectivity index (χ2n) is 7.16. The zero-order chi connectivity index (χ0) is 23.9. The zero-order valence-electron chi connectivity index (χ0n) is 19.6. The minimum absolute atomic E-state index is 0.141. The number of rotatable bonds is 13. The summed E-state index contributed by atoms with van der Waals surface area (Å²) in [6.45, 7) is 14.4. The van der Waals surface area contributed by atoms with Crippen molar-refractivity contribution in [3.63, 3.8) is 0 Å². The van der Waals surface area contributed by atoms with Gasteiger partial charge in [-0.25, -0.2) is 0 Å². The fraction of sp³-hybridized carbons (Fsp3) is 0.458. The maximum absolute atomic E-state index is 12.7. The molecule has 178 valence electrons. The summed E-state index contributed by atoms with van der Waals surface area (Å²) in [5.74, 6) is 0.0533. The maximum atomic E-state index is 12.7. The molecule has 1 unspecified atom stereocenters. The maximum Gasteiger partial charge on any atom is 0.234 e. The van der Waals surface area contributed by atoms with Gasteiger partial charge in [0.15, 0.2) is 0 Å². The number of hydrogen-bond acceptors (Lipinski definition) is 7. The number of hydrogen-bond donors (Lipinski definition) is 4. The lowest BCUT2D eigenvalue weighted by molar-refractivity contribution is -0.117. The van der Waals surface area contributed by atoms with Gasteiger partial charge in [0.25, 0.3) is 0 Å². The van der Waals surface area contributed by atoms with E-state index >= 15 is 0 Å². The molecule has 1 rings (SSSR count). The molecule has 0 saturated carbocycles. The first-order valence-electron chi connectivity index (χ1n) is 10.9. The highest BCUT2D eigenvalue weighted by atomic mass is 32.2. The summed E-state index contributed by atoms with van der Waals surface area (Å²) < 4.78 is 0. The third kappa shape index (κ3) is 8.98. The molecule has 0 saturated heterocycles. The van der Waals surface area contributed by atoms with Gasteiger partial charge in [0.2, 0.25) is 5.91 Å². The summed E-state index contributed by atoms with van der Waals surface area (Å²) in [6.07, 6.45) is 12.0. The molecule has 0 fully saturated rings. The van der Waals surface area contributed by atoms with Crippen LogP contribution < -0.4 is 16.4 Å². The molecule has 7 nitrogen and oxygen atoms in total. The molecular formula is C24H39N5O2S. The number of nitrogens with one attached hydrogen (secondary N) is 2. The van der Waals surface area contributed by atoms with Crippen molar-refractivity contribution in [2.45, 2.75) is 32.9 Å². The van der Waals surface area contributed by atoms with Crippen molar-refractivity contribution in [1.29, 1.82) is 0 Å². The lowest BCUT2D eigenvalue weighted by atomic mass is 10.1. The lowest BCUT2D eigenvalue weighted by Gasteiger charge is -2.30. The van der Waals surface area contributed by atoms with Crippen LogP contribution in [0.15, 0.2) is 71.7 Å². The van der Waals surface area contributed by atoms with Gasteiger partial charge in [0.05, 0.1) is 22.2 Å². The number of carbonyl (C=O) groups excluding carboxylic acids is 1. The van der Waals surface area contributed by atoms with Crippen LogP contribution in [0.25, 0.3) is 0 Å². The van der Waals surface area contributed by atoms with E-state index in [2.05, 4.69) is 41.7 Å². The lowest BCUT2D eigenvalue weighted by Crippen LogP contribution is -2.36. The summed E-state index contributed by atoms with van der Waals surface area (Å²) >= 11 is 1.33. The van der Waals surface area contributed by atoms with E-state index in [9.17, 15) is 9.90 Å². The molecule has 0 aliphatic carbocycles. The SMILES string of the molecule is C=C/C=C\C1=CCCN(C(=C)SCC(=O)NC(=C/NC)/C(=C\C)N(CC)CCN)C(O)C1. The van der Waals surface area contributed by atoms with Gasteiger partial charge in [0.1, 0.15) is 6.23 Å². The molecule has 0 aromatic rings. The molecule has 0 spiro atoms. The van der Waals surface area contributed by atoms with Crippen molar-refractivity contribution in [2.24, 2.45) is 5.73 Å². The van der Waals surface area contributed by atoms with E-state index in [-0.39, 0.29) is 11.7 Å². The van der Waals surface area contributed by atoms with Gasteiger partial charge in [-0.2, -0.15) is 0 Å². The van der Waals surface area contributed by atoms with Gasteiger partial charge < -0.3 is 31.3 Å². The van der Waals surface area contributed by atoms with E-state index in [1.165, 1.54) is 11.8 Å². The van der Waals surface area contributed by atoms with Crippen molar-refractivity contribution >= 4 is 17.7 Å². The number of nitrogens with two attached hydrogens (primary N) is 1. The molecule has 0 aromatic carbocycles. The fourth-order valence-corrected chi connectivity index (χ4v) is 4.16. The molecule has 1 heterocycles. The average molecular weight is 462 g/mol. The third-order valence-corrected chi connectivity index (χ3v) is 5.90. The van der Waals surface area contributed by atoms with Gasteiger partial charge in [-0.15, -0.1) is 0 Å². The number of likely N-dealkylation sites (N-methyl/N-ethyl adjacent to an activating group) is 1. The Kier molecular flexibility index (Phi) is 13.3. The molecule has 0 radical (unpaired) electrons. The summed E-state index contributed by atoms with van der Waals surface area (Å²) in [5.41, 5.74) is 8.41. The molecule has 1 atom stereocenters. The number of aliphatic hydroxyl groups excluding tert-OH is 1. The Morgan fingerprint density at radius 1 is 1.50 bits per heavy atom. The summed E-state index contributed by atoms with van der Waals surface area (Å²) in [7, 11) is 1.79. The number of amides is 1. The van der Waals surface area contributed by atoms with Crippen LogP contribution in [0, 0.1) is 0 Å². The number of thioether (sulfide) groups is 1. The number of aliphatic hydroxyl groups is 1. The van der Waals surface area contributed by atoms with Crippen molar-refractivity contribution in [1.82, 2.24) is 20.4 Å². The van der Waals surface area contributed by atoms with Gasteiger partial charge in [0, 0.05) is 45.8 Å². The first kappa shape index (κ1) is 27.6. The van der Waals surface area contributed by atoms with Crippen molar-refractivity contribution in [3.05, 3.63) is 71.7 Å². The van der Waals surface area contributed by atoms with Gasteiger partial charge >= 0.3 is 0 Å². The summed E-state index contributed by atoms with van der Waals surface area (Å²) in [5, 5.41) is 17.3. The molecule has 1 aliphatic heterocycles. The Morgan fingerprint density at radius 2 is 2.25 bits per heavy atom. The van der Waals surface area contributed by atoms with Gasteiger partial charge in [-0.05, 0) is 25.8 Å². The van der Waals surface area contributed by atoms with Crippen LogP contribution in [0.2, 0.25) is 0 Å². The van der Waals surface area contributed by atoms with Gasteiger partial charge in [-0.1, -0.05) is 55.3 Å². The number of nitrogens with zero attached hydrogens (tertiary/aromatic N) is 2. The van der Waals surface area contributed by atoms with Crippen LogP contribution in [0.3, 0.4) is 0 Å². The van der Waals surface area contributed by atoms with Crippen LogP contribution >= 0.6 is 11.8 Å². The Bertz CT molecular complexity index is 757. The zero-order valence-corrected chi connectivity index (χ0v) is 20.5. The van der Waals surface area contributed by atoms with Crippen molar-refractivity contribution in [2.75, 3.05) is 39.0 Å². The molecule has 1 aliphatic rings. The predicted octanol–water partition coefficient (Wildman–Crippen LogP) is 2.63. The Morgan fingerprint density at radius 3 is 2.84 bits per heavy atom.